The minimum Gasteiger partial charge on any atom is -0.450 e. The fourth-order valence-corrected chi connectivity index (χ4v) is 2.41. The Labute approximate surface area is 84.6 Å². The van der Waals surface area contributed by atoms with Crippen LogP contribution in [0.25, 0.3) is 0 Å². The molecule has 2 heterocycles. The topological polar surface area (TPSA) is 41.6 Å². The summed E-state index contributed by atoms with van der Waals surface area (Å²) in [5, 5.41) is 3.44. The maximum absolute atomic E-state index is 11.5. The summed E-state index contributed by atoms with van der Waals surface area (Å²) >= 11 is 0. The lowest BCUT2D eigenvalue weighted by atomic mass is 9.93. The highest BCUT2D eigenvalue weighted by Crippen LogP contribution is 2.25. The van der Waals surface area contributed by atoms with Crippen LogP contribution in [-0.2, 0) is 4.74 Å². The number of carbonyl (C=O) groups is 1. The molecule has 4 nitrogen and oxygen atoms in total. The van der Waals surface area contributed by atoms with Gasteiger partial charge >= 0.3 is 6.09 Å². The van der Waals surface area contributed by atoms with Gasteiger partial charge in [-0.05, 0) is 32.2 Å². The summed E-state index contributed by atoms with van der Waals surface area (Å²) in [6, 6.07) is 0.508. The Morgan fingerprint density at radius 3 is 3.21 bits per heavy atom. The molecule has 80 valence electrons. The molecule has 14 heavy (non-hydrogen) atoms. The third-order valence-electron chi connectivity index (χ3n) is 3.20. The third-order valence-corrected chi connectivity index (χ3v) is 3.20. The molecule has 2 aliphatic heterocycles. The van der Waals surface area contributed by atoms with E-state index in [4.69, 9.17) is 4.74 Å². The molecule has 2 aliphatic rings. The van der Waals surface area contributed by atoms with Gasteiger partial charge in [-0.25, -0.2) is 4.79 Å². The Balaban J connectivity index is 1.87. The highest BCUT2D eigenvalue weighted by molar-refractivity contribution is 5.67. The minimum atomic E-state index is -0.153. The number of ether oxygens (including phenoxy) is 1. The fourth-order valence-electron chi connectivity index (χ4n) is 2.41. The van der Waals surface area contributed by atoms with Gasteiger partial charge in [0.25, 0.3) is 0 Å². The standard InChI is InChI=1S/C10H18N2O2/c1-2-14-10(13)12-6-4-8-3-5-11-9(8)7-12/h8-9,11H,2-7H2,1H3. The Hall–Kier alpha value is -0.770. The van der Waals surface area contributed by atoms with Crippen molar-refractivity contribution >= 4 is 6.09 Å². The highest BCUT2D eigenvalue weighted by atomic mass is 16.6. The molecule has 0 saturated carbocycles. The maximum Gasteiger partial charge on any atom is 0.409 e. The van der Waals surface area contributed by atoms with Crippen molar-refractivity contribution in [1.29, 1.82) is 0 Å². The van der Waals surface area contributed by atoms with Crippen LogP contribution < -0.4 is 5.32 Å². The first-order valence-electron chi connectivity index (χ1n) is 5.46. The normalized spacial score (nSPS) is 31.4. The van der Waals surface area contributed by atoms with Crippen LogP contribution >= 0.6 is 0 Å². The van der Waals surface area contributed by atoms with Gasteiger partial charge in [-0.2, -0.15) is 0 Å². The predicted octanol–water partition coefficient (Wildman–Crippen LogP) is 0.827. The van der Waals surface area contributed by atoms with Crippen LogP contribution in [0.2, 0.25) is 0 Å². The van der Waals surface area contributed by atoms with Crippen molar-refractivity contribution in [3.63, 3.8) is 0 Å². The van der Waals surface area contributed by atoms with Crippen molar-refractivity contribution in [2.24, 2.45) is 5.92 Å². The number of likely N-dealkylation sites (tertiary alicyclic amines) is 1. The van der Waals surface area contributed by atoms with Crippen molar-refractivity contribution in [3.05, 3.63) is 0 Å². The number of hydrogen-bond donors (Lipinski definition) is 1. The molecule has 0 aliphatic carbocycles. The molecule has 2 fully saturated rings. The number of fused-ring (bicyclic) bond motifs is 1. The first kappa shape index (κ1) is 9.77. The molecule has 2 atom stereocenters. The van der Waals surface area contributed by atoms with Gasteiger partial charge in [0.15, 0.2) is 0 Å². The highest BCUT2D eigenvalue weighted by Gasteiger charge is 2.34. The number of rotatable bonds is 1. The minimum absolute atomic E-state index is 0.153. The van der Waals surface area contributed by atoms with Gasteiger partial charge in [-0.1, -0.05) is 0 Å². The number of hydrogen-bond acceptors (Lipinski definition) is 3. The summed E-state index contributed by atoms with van der Waals surface area (Å²) in [5.74, 6) is 0.778. The molecule has 4 heteroatoms. The Morgan fingerprint density at radius 2 is 2.43 bits per heavy atom. The van der Waals surface area contributed by atoms with E-state index in [1.54, 1.807) is 0 Å². The molecule has 0 aromatic carbocycles. The largest absolute Gasteiger partial charge is 0.450 e. The second-order valence-corrected chi connectivity index (χ2v) is 4.04. The van der Waals surface area contributed by atoms with Crippen LogP contribution in [0.15, 0.2) is 0 Å². The van der Waals surface area contributed by atoms with Crippen molar-refractivity contribution in [3.8, 4) is 0 Å². The first-order chi connectivity index (χ1) is 6.81. The van der Waals surface area contributed by atoms with E-state index >= 15 is 0 Å². The third kappa shape index (κ3) is 1.85. The van der Waals surface area contributed by atoms with E-state index in [2.05, 4.69) is 5.32 Å². The first-order valence-corrected chi connectivity index (χ1v) is 5.46. The second kappa shape index (κ2) is 4.17. The lowest BCUT2D eigenvalue weighted by Crippen LogP contribution is -2.48. The number of amides is 1. The van der Waals surface area contributed by atoms with Crippen LogP contribution in [0, 0.1) is 5.92 Å². The lowest BCUT2D eigenvalue weighted by Gasteiger charge is -2.34. The van der Waals surface area contributed by atoms with E-state index in [1.165, 1.54) is 6.42 Å². The van der Waals surface area contributed by atoms with Crippen molar-refractivity contribution < 1.29 is 9.53 Å². The van der Waals surface area contributed by atoms with Gasteiger partial charge in [-0.3, -0.25) is 0 Å². The smallest absolute Gasteiger partial charge is 0.409 e. The molecule has 0 bridgehead atoms. The number of piperidine rings is 1. The Bertz CT molecular complexity index is 220. The van der Waals surface area contributed by atoms with Gasteiger partial charge in [0.1, 0.15) is 0 Å². The number of nitrogens with one attached hydrogen (secondary N) is 1. The summed E-state index contributed by atoms with van der Waals surface area (Å²) in [6.45, 7) is 5.10. The van der Waals surface area contributed by atoms with Crippen LogP contribution in [0.5, 0.6) is 0 Å². The molecule has 2 saturated heterocycles. The zero-order chi connectivity index (χ0) is 9.97. The predicted molar refractivity (Wildman–Crippen MR) is 53.1 cm³/mol. The van der Waals surface area contributed by atoms with Crippen molar-refractivity contribution in [1.82, 2.24) is 10.2 Å². The van der Waals surface area contributed by atoms with Gasteiger partial charge in [0.2, 0.25) is 0 Å². The van der Waals surface area contributed by atoms with E-state index in [1.807, 2.05) is 11.8 Å². The molecule has 0 radical (unpaired) electrons. The Morgan fingerprint density at radius 1 is 1.57 bits per heavy atom. The van der Waals surface area contributed by atoms with Gasteiger partial charge in [0.05, 0.1) is 6.61 Å². The average Bonchev–Trinajstić information content (AvgIpc) is 2.64. The van der Waals surface area contributed by atoms with Crippen LogP contribution in [0.3, 0.4) is 0 Å². The van der Waals surface area contributed by atoms with Gasteiger partial charge in [-0.15, -0.1) is 0 Å². The number of nitrogens with zero attached hydrogens (tertiary/aromatic N) is 1. The summed E-state index contributed by atoms with van der Waals surface area (Å²) in [5.41, 5.74) is 0. The SMILES string of the molecule is CCOC(=O)N1CCC2CCNC2C1. The molecule has 0 spiro atoms. The molecule has 0 aromatic rings. The van der Waals surface area contributed by atoms with Crippen molar-refractivity contribution in [2.75, 3.05) is 26.2 Å². The van der Waals surface area contributed by atoms with Crippen LogP contribution in [0.1, 0.15) is 19.8 Å². The maximum atomic E-state index is 11.5. The molecule has 2 rings (SSSR count). The zero-order valence-electron chi connectivity index (χ0n) is 8.66. The zero-order valence-corrected chi connectivity index (χ0v) is 8.66. The van der Waals surface area contributed by atoms with E-state index in [0.717, 1.165) is 32.0 Å². The van der Waals surface area contributed by atoms with E-state index in [-0.39, 0.29) is 6.09 Å². The van der Waals surface area contributed by atoms with E-state index < -0.39 is 0 Å². The quantitative estimate of drug-likeness (QED) is 0.678. The lowest BCUT2D eigenvalue weighted by molar-refractivity contribution is 0.0872. The summed E-state index contributed by atoms with van der Waals surface area (Å²) in [6.07, 6.45) is 2.23. The summed E-state index contributed by atoms with van der Waals surface area (Å²) < 4.78 is 4.99. The molecular formula is C10H18N2O2. The van der Waals surface area contributed by atoms with Crippen LogP contribution in [0.4, 0.5) is 4.79 Å². The summed E-state index contributed by atoms with van der Waals surface area (Å²) in [4.78, 5) is 13.3. The van der Waals surface area contributed by atoms with E-state index in [0.29, 0.717) is 12.6 Å². The van der Waals surface area contributed by atoms with Crippen molar-refractivity contribution in [2.45, 2.75) is 25.8 Å². The fraction of sp³-hybridized carbons (Fsp3) is 0.900. The Kier molecular flexibility index (Phi) is 2.91. The van der Waals surface area contributed by atoms with Gasteiger partial charge < -0.3 is 15.0 Å². The molecule has 2 unspecified atom stereocenters. The number of carbonyl (C=O) groups excluding carboxylic acids is 1. The summed E-state index contributed by atoms with van der Waals surface area (Å²) in [7, 11) is 0. The van der Waals surface area contributed by atoms with Crippen LogP contribution in [-0.4, -0.2) is 43.3 Å². The van der Waals surface area contributed by atoms with E-state index in [9.17, 15) is 4.79 Å². The molecular weight excluding hydrogens is 180 g/mol. The van der Waals surface area contributed by atoms with Gasteiger partial charge in [0, 0.05) is 19.1 Å². The second-order valence-electron chi connectivity index (χ2n) is 4.04. The average molecular weight is 198 g/mol. The molecule has 1 amide bonds. The monoisotopic (exact) mass is 198 g/mol. The molecule has 1 N–H and O–H groups in total. The molecule has 0 aromatic heterocycles.